The van der Waals surface area contributed by atoms with Gasteiger partial charge in [-0.2, -0.15) is 0 Å². The van der Waals surface area contributed by atoms with Crippen LogP contribution in [0.1, 0.15) is 30.0 Å². The number of nitrogens with zero attached hydrogens (tertiary/aromatic N) is 3. The zero-order chi connectivity index (χ0) is 19.5. The molecule has 1 N–H and O–H groups in total. The number of aryl methyl sites for hydroxylation is 1. The van der Waals surface area contributed by atoms with Crippen LogP contribution < -0.4 is 10.4 Å². The quantitative estimate of drug-likeness (QED) is 0.739. The number of carbonyl (C=O) groups is 2. The number of hydrogen-bond donors (Lipinski definition) is 1. The predicted octanol–water partition coefficient (Wildman–Crippen LogP) is 0.360. The summed E-state index contributed by atoms with van der Waals surface area (Å²) in [6, 6.07) is 3.99. The second-order valence-electron chi connectivity index (χ2n) is 5.11. The molecule has 0 aliphatic carbocycles. The van der Waals surface area contributed by atoms with Crippen molar-refractivity contribution in [2.24, 2.45) is 0 Å². The molecule has 2 aromatic rings. The third-order valence-corrected chi connectivity index (χ3v) is 4.95. The Kier molecular flexibility index (Phi) is 5.60. The molecule has 0 fully saturated rings. The van der Waals surface area contributed by atoms with Crippen LogP contribution in [0.15, 0.2) is 34.0 Å². The zero-order valence-electron chi connectivity index (χ0n) is 14.4. The van der Waals surface area contributed by atoms with E-state index in [4.69, 9.17) is 0 Å². The minimum Gasteiger partial charge on any atom is -0.465 e. The van der Waals surface area contributed by atoms with Crippen LogP contribution in [0.2, 0.25) is 0 Å². The second kappa shape index (κ2) is 7.52. The van der Waals surface area contributed by atoms with Crippen molar-refractivity contribution in [2.45, 2.75) is 31.7 Å². The van der Waals surface area contributed by atoms with Gasteiger partial charge in [-0.05, 0) is 19.1 Å². The lowest BCUT2D eigenvalue weighted by Crippen LogP contribution is -2.41. The lowest BCUT2D eigenvalue weighted by Gasteiger charge is -2.09. The summed E-state index contributed by atoms with van der Waals surface area (Å²) in [6.45, 7) is 3.74. The summed E-state index contributed by atoms with van der Waals surface area (Å²) in [5, 5.41) is 3.85. The summed E-state index contributed by atoms with van der Waals surface area (Å²) in [7, 11) is -3.33. The molecule has 0 aliphatic rings. The molecular formula is C15H18N4O6S. The van der Waals surface area contributed by atoms with Gasteiger partial charge in [0.15, 0.2) is 0 Å². The minimum absolute atomic E-state index is 0.240. The van der Waals surface area contributed by atoms with Crippen LogP contribution in [0, 0.1) is 0 Å². The van der Waals surface area contributed by atoms with E-state index in [9.17, 15) is 22.8 Å². The van der Waals surface area contributed by atoms with Gasteiger partial charge >= 0.3 is 17.7 Å². The highest BCUT2D eigenvalue weighted by atomic mass is 32.2. The van der Waals surface area contributed by atoms with Crippen molar-refractivity contribution >= 4 is 22.0 Å². The van der Waals surface area contributed by atoms with E-state index in [1.54, 1.807) is 18.6 Å². The van der Waals surface area contributed by atoms with E-state index in [1.165, 1.54) is 22.8 Å². The third kappa shape index (κ3) is 3.52. The van der Waals surface area contributed by atoms with E-state index in [1.807, 2.05) is 0 Å². The van der Waals surface area contributed by atoms with Crippen molar-refractivity contribution in [2.75, 3.05) is 7.11 Å². The molecule has 10 nitrogen and oxygen atoms in total. The fourth-order valence-electron chi connectivity index (χ4n) is 2.34. The van der Waals surface area contributed by atoms with Gasteiger partial charge in [-0.15, -0.1) is 9.78 Å². The summed E-state index contributed by atoms with van der Waals surface area (Å²) in [5.74, 6) is -0.529. The van der Waals surface area contributed by atoms with Gasteiger partial charge in [0.1, 0.15) is 10.7 Å². The van der Waals surface area contributed by atoms with E-state index < -0.39 is 32.6 Å². The van der Waals surface area contributed by atoms with Gasteiger partial charge in [-0.25, -0.2) is 27.5 Å². The lowest BCUT2D eigenvalue weighted by molar-refractivity contribution is 0.0596. The second-order valence-corrected chi connectivity index (χ2v) is 6.76. The highest BCUT2D eigenvalue weighted by molar-refractivity contribution is 7.90. The van der Waals surface area contributed by atoms with E-state index >= 15 is 0 Å². The van der Waals surface area contributed by atoms with Gasteiger partial charge in [0.05, 0.1) is 12.7 Å². The number of sulfonamides is 1. The SMILES string of the molecule is CCc1nn(C(=O)NS(=O)(=O)c2ccccc2C(=O)OC)c(=O)n1CC. The Morgan fingerprint density at radius 1 is 1.23 bits per heavy atom. The normalized spacial score (nSPS) is 11.2. The fourth-order valence-corrected chi connectivity index (χ4v) is 3.47. The molecule has 26 heavy (non-hydrogen) atoms. The predicted molar refractivity (Wildman–Crippen MR) is 90.4 cm³/mol. The summed E-state index contributed by atoms with van der Waals surface area (Å²) in [6.07, 6.45) is 0.390. The first-order chi connectivity index (χ1) is 12.3. The summed E-state index contributed by atoms with van der Waals surface area (Å²) in [5.41, 5.74) is -0.991. The van der Waals surface area contributed by atoms with Gasteiger partial charge in [0, 0.05) is 13.0 Å². The molecule has 0 saturated carbocycles. The molecule has 0 unspecified atom stereocenters. The molecule has 1 aromatic heterocycles. The molecule has 2 rings (SSSR count). The number of benzene rings is 1. The van der Waals surface area contributed by atoms with E-state index in [0.29, 0.717) is 16.9 Å². The maximum absolute atomic E-state index is 12.5. The van der Waals surface area contributed by atoms with Crippen molar-refractivity contribution in [1.29, 1.82) is 0 Å². The Hall–Kier alpha value is -2.95. The molecule has 0 bridgehead atoms. The monoisotopic (exact) mass is 382 g/mol. The van der Waals surface area contributed by atoms with Crippen molar-refractivity contribution in [3.05, 3.63) is 46.1 Å². The maximum Gasteiger partial charge on any atom is 0.360 e. The van der Waals surface area contributed by atoms with Crippen LogP contribution in [-0.2, 0) is 27.7 Å². The number of methoxy groups -OCH3 is 1. The lowest BCUT2D eigenvalue weighted by atomic mass is 10.2. The van der Waals surface area contributed by atoms with Crippen LogP contribution in [0.25, 0.3) is 0 Å². The van der Waals surface area contributed by atoms with Crippen LogP contribution in [0.3, 0.4) is 0 Å². The number of nitrogens with one attached hydrogen (secondary N) is 1. The molecule has 0 atom stereocenters. The number of amides is 1. The molecule has 1 heterocycles. The molecule has 1 amide bonds. The summed E-state index contributed by atoms with van der Waals surface area (Å²) >= 11 is 0. The Bertz CT molecular complexity index is 1010. The zero-order valence-corrected chi connectivity index (χ0v) is 15.2. The molecular weight excluding hydrogens is 364 g/mol. The summed E-state index contributed by atoms with van der Waals surface area (Å²) in [4.78, 5) is 35.8. The highest BCUT2D eigenvalue weighted by Crippen LogP contribution is 2.16. The molecule has 140 valence electrons. The van der Waals surface area contributed by atoms with E-state index in [-0.39, 0.29) is 12.1 Å². The summed E-state index contributed by atoms with van der Waals surface area (Å²) < 4.78 is 33.0. The van der Waals surface area contributed by atoms with Crippen molar-refractivity contribution in [3.8, 4) is 0 Å². The largest absolute Gasteiger partial charge is 0.465 e. The van der Waals surface area contributed by atoms with Gasteiger partial charge in [0.2, 0.25) is 0 Å². The third-order valence-electron chi connectivity index (χ3n) is 3.57. The molecule has 0 radical (unpaired) electrons. The first-order valence-electron chi connectivity index (χ1n) is 7.70. The number of ether oxygens (including phenoxy) is 1. The Morgan fingerprint density at radius 2 is 1.88 bits per heavy atom. The molecule has 11 heteroatoms. The first-order valence-corrected chi connectivity index (χ1v) is 9.18. The smallest absolute Gasteiger partial charge is 0.360 e. The molecule has 1 aromatic carbocycles. The average Bonchev–Trinajstić information content (AvgIpc) is 2.96. The Balaban J connectivity index is 2.43. The number of rotatable bonds is 5. The van der Waals surface area contributed by atoms with Crippen LogP contribution >= 0.6 is 0 Å². The first kappa shape index (κ1) is 19.4. The maximum atomic E-state index is 12.5. The van der Waals surface area contributed by atoms with E-state index in [2.05, 4.69) is 9.84 Å². The molecule has 0 saturated heterocycles. The van der Waals surface area contributed by atoms with Crippen molar-refractivity contribution in [3.63, 3.8) is 0 Å². The molecule has 0 spiro atoms. The van der Waals surface area contributed by atoms with Gasteiger partial charge in [-0.1, -0.05) is 19.1 Å². The fraction of sp³-hybridized carbons (Fsp3) is 0.333. The van der Waals surface area contributed by atoms with Crippen LogP contribution in [0.4, 0.5) is 4.79 Å². The standard InChI is InChI=1S/C15H18N4O6S/c1-4-12-16-19(15(22)18(12)5-2)14(21)17-26(23,24)11-9-7-6-8-10(11)13(20)25-3/h6-9H,4-5H2,1-3H3,(H,17,21). The topological polar surface area (TPSA) is 129 Å². The number of esters is 1. The average molecular weight is 382 g/mol. The van der Waals surface area contributed by atoms with Crippen LogP contribution in [-0.4, -0.2) is 41.9 Å². The van der Waals surface area contributed by atoms with E-state index in [0.717, 1.165) is 13.2 Å². The van der Waals surface area contributed by atoms with Gasteiger partial charge in [-0.3, -0.25) is 4.57 Å². The Labute approximate surface area is 149 Å². The van der Waals surface area contributed by atoms with Gasteiger partial charge < -0.3 is 4.74 Å². The van der Waals surface area contributed by atoms with Gasteiger partial charge in [0.25, 0.3) is 10.0 Å². The van der Waals surface area contributed by atoms with Crippen molar-refractivity contribution < 1.29 is 22.7 Å². The highest BCUT2D eigenvalue weighted by Gasteiger charge is 2.27. The number of aromatic nitrogens is 3. The number of carbonyl (C=O) groups excluding carboxylic acids is 2. The number of hydrogen-bond acceptors (Lipinski definition) is 7. The Morgan fingerprint density at radius 3 is 2.42 bits per heavy atom. The minimum atomic E-state index is -4.44. The molecule has 0 aliphatic heterocycles. The van der Waals surface area contributed by atoms with Crippen molar-refractivity contribution in [1.82, 2.24) is 19.1 Å². The van der Waals surface area contributed by atoms with Crippen LogP contribution in [0.5, 0.6) is 0 Å².